The molecule has 2 heteroatoms. The lowest BCUT2D eigenvalue weighted by Gasteiger charge is -2.23. The Morgan fingerprint density at radius 3 is 2.46 bits per heavy atom. The third kappa shape index (κ3) is 3.28. The van der Waals surface area contributed by atoms with Crippen molar-refractivity contribution in [2.24, 2.45) is 0 Å². The van der Waals surface area contributed by atoms with Crippen molar-refractivity contribution in [3.63, 3.8) is 0 Å². The Kier molecular flexibility index (Phi) is 3.07. The molecule has 0 aliphatic rings. The Morgan fingerprint density at radius 2 is 1.92 bits per heavy atom. The second-order valence-electron chi connectivity index (χ2n) is 3.77. The van der Waals surface area contributed by atoms with Gasteiger partial charge in [0.15, 0.2) is 0 Å². The van der Waals surface area contributed by atoms with Crippen molar-refractivity contribution in [3.05, 3.63) is 35.9 Å². The van der Waals surface area contributed by atoms with Crippen molar-refractivity contribution in [1.29, 1.82) is 0 Å². The molecule has 1 radical (unpaired) electrons. The van der Waals surface area contributed by atoms with Crippen LogP contribution in [-0.2, 0) is 11.2 Å². The maximum atomic E-state index is 10.2. The van der Waals surface area contributed by atoms with E-state index < -0.39 is 0 Å². The van der Waals surface area contributed by atoms with E-state index in [2.05, 4.69) is 5.32 Å². The molecule has 69 valence electrons. The van der Waals surface area contributed by atoms with Gasteiger partial charge in [-0.2, -0.15) is 0 Å². The zero-order valence-corrected chi connectivity index (χ0v) is 8.00. The number of nitrogens with one attached hydrogen (secondary N) is 1. The highest BCUT2D eigenvalue weighted by molar-refractivity contribution is 5.48. The van der Waals surface area contributed by atoms with Crippen molar-refractivity contribution < 1.29 is 4.79 Å². The number of amides is 1. The summed E-state index contributed by atoms with van der Waals surface area (Å²) in [5.41, 5.74) is 0.999. The van der Waals surface area contributed by atoms with Crippen LogP contribution in [0.5, 0.6) is 0 Å². The Hall–Kier alpha value is -1.31. The van der Waals surface area contributed by atoms with Gasteiger partial charge in [-0.05, 0) is 25.8 Å². The van der Waals surface area contributed by atoms with Crippen LogP contribution in [-0.4, -0.2) is 11.9 Å². The summed E-state index contributed by atoms with van der Waals surface area (Å²) in [6, 6.07) is 10.1. The third-order valence-corrected chi connectivity index (χ3v) is 1.88. The van der Waals surface area contributed by atoms with Gasteiger partial charge >= 0.3 is 6.41 Å². The molecule has 2 nitrogen and oxygen atoms in total. The van der Waals surface area contributed by atoms with E-state index in [9.17, 15) is 4.79 Å². The van der Waals surface area contributed by atoms with E-state index in [4.69, 9.17) is 0 Å². The average molecular weight is 176 g/mol. The predicted octanol–water partition coefficient (Wildman–Crippen LogP) is 1.66. The minimum absolute atomic E-state index is 0.219. The van der Waals surface area contributed by atoms with Crippen LogP contribution in [0.2, 0.25) is 0 Å². The van der Waals surface area contributed by atoms with E-state index in [0.717, 1.165) is 6.42 Å². The summed E-state index contributed by atoms with van der Waals surface area (Å²) in [5.74, 6) is 0. The van der Waals surface area contributed by atoms with E-state index in [1.54, 1.807) is 6.41 Å². The zero-order chi connectivity index (χ0) is 9.73. The summed E-state index contributed by atoms with van der Waals surface area (Å²) in [4.78, 5) is 10.2. The molecular formula is C11H14NO. The number of hydrogen-bond acceptors (Lipinski definition) is 1. The predicted molar refractivity (Wildman–Crippen MR) is 53.1 cm³/mol. The minimum Gasteiger partial charge on any atom is -0.343 e. The first-order valence-electron chi connectivity index (χ1n) is 4.32. The van der Waals surface area contributed by atoms with Crippen LogP contribution in [0.3, 0.4) is 0 Å². The van der Waals surface area contributed by atoms with E-state index in [-0.39, 0.29) is 5.54 Å². The van der Waals surface area contributed by atoms with Gasteiger partial charge < -0.3 is 5.32 Å². The Bertz CT molecular complexity index is 267. The number of benzene rings is 1. The molecule has 0 unspecified atom stereocenters. The Labute approximate surface area is 79.0 Å². The maximum Gasteiger partial charge on any atom is 0.309 e. The monoisotopic (exact) mass is 176 g/mol. The minimum atomic E-state index is -0.219. The lowest BCUT2D eigenvalue weighted by Crippen LogP contribution is -2.40. The smallest absolute Gasteiger partial charge is 0.309 e. The first-order valence-corrected chi connectivity index (χ1v) is 4.32. The molecule has 0 saturated heterocycles. The van der Waals surface area contributed by atoms with Crippen LogP contribution >= 0.6 is 0 Å². The summed E-state index contributed by atoms with van der Waals surface area (Å²) in [6.45, 7) is 3.95. The molecule has 0 fully saturated rings. The van der Waals surface area contributed by atoms with Gasteiger partial charge in [0.25, 0.3) is 0 Å². The first-order chi connectivity index (χ1) is 6.14. The molecule has 0 atom stereocenters. The normalized spacial score (nSPS) is 10.9. The van der Waals surface area contributed by atoms with Crippen LogP contribution in [0.4, 0.5) is 0 Å². The highest BCUT2D eigenvalue weighted by Gasteiger charge is 2.16. The highest BCUT2D eigenvalue weighted by Crippen LogP contribution is 2.11. The summed E-state index contributed by atoms with van der Waals surface area (Å²) in [6.07, 6.45) is 2.55. The highest BCUT2D eigenvalue weighted by atomic mass is 16.1. The van der Waals surface area contributed by atoms with Gasteiger partial charge in [-0.25, -0.2) is 0 Å². The first kappa shape index (κ1) is 9.78. The lowest BCUT2D eigenvalue weighted by atomic mass is 9.95. The number of carbonyl (C=O) groups excluding carboxylic acids is 1. The van der Waals surface area contributed by atoms with Gasteiger partial charge in [0.2, 0.25) is 0 Å². The van der Waals surface area contributed by atoms with E-state index >= 15 is 0 Å². The molecule has 0 heterocycles. The van der Waals surface area contributed by atoms with Crippen LogP contribution in [0.1, 0.15) is 19.4 Å². The van der Waals surface area contributed by atoms with Crippen LogP contribution in [0.25, 0.3) is 0 Å². The third-order valence-electron chi connectivity index (χ3n) is 1.88. The van der Waals surface area contributed by atoms with E-state index in [0.29, 0.717) is 0 Å². The molecule has 0 aliphatic carbocycles. The van der Waals surface area contributed by atoms with E-state index in [1.807, 2.05) is 44.2 Å². The summed E-state index contributed by atoms with van der Waals surface area (Å²) >= 11 is 0. The molecule has 1 amide bonds. The number of rotatable bonds is 4. The van der Waals surface area contributed by atoms with Gasteiger partial charge in [0.1, 0.15) is 0 Å². The molecule has 1 aromatic carbocycles. The van der Waals surface area contributed by atoms with Gasteiger partial charge in [-0.1, -0.05) is 30.3 Å². The average Bonchev–Trinajstić information content (AvgIpc) is 2.04. The lowest BCUT2D eigenvalue weighted by molar-refractivity contribution is 0.433. The van der Waals surface area contributed by atoms with Crippen molar-refractivity contribution in [3.8, 4) is 0 Å². The van der Waals surface area contributed by atoms with E-state index in [1.165, 1.54) is 5.56 Å². The SMILES string of the molecule is CC(C)(Cc1ccccc1)N[C]=O. The molecule has 0 spiro atoms. The van der Waals surface area contributed by atoms with Crippen molar-refractivity contribution >= 4 is 6.41 Å². The second kappa shape index (κ2) is 4.08. The molecule has 0 aliphatic heterocycles. The van der Waals surface area contributed by atoms with Gasteiger partial charge in [-0.15, -0.1) is 0 Å². The van der Waals surface area contributed by atoms with Crippen molar-refractivity contribution in [2.45, 2.75) is 25.8 Å². The Morgan fingerprint density at radius 1 is 1.31 bits per heavy atom. The molecule has 0 saturated carbocycles. The van der Waals surface area contributed by atoms with Crippen LogP contribution in [0.15, 0.2) is 30.3 Å². The zero-order valence-electron chi connectivity index (χ0n) is 8.00. The molecule has 13 heavy (non-hydrogen) atoms. The fraction of sp³-hybridized carbons (Fsp3) is 0.364. The summed E-state index contributed by atoms with van der Waals surface area (Å²) < 4.78 is 0. The second-order valence-corrected chi connectivity index (χ2v) is 3.77. The Balaban J connectivity index is 2.63. The largest absolute Gasteiger partial charge is 0.343 e. The number of hydrogen-bond donors (Lipinski definition) is 1. The molecule has 0 aromatic heterocycles. The molecule has 0 bridgehead atoms. The standard InChI is InChI=1S/C11H14NO/c1-11(2,12-9-13)8-10-6-4-3-5-7-10/h3-7H,8H2,1-2H3,(H,12,13). The topological polar surface area (TPSA) is 29.1 Å². The maximum absolute atomic E-state index is 10.2. The van der Waals surface area contributed by atoms with Crippen LogP contribution in [0, 0.1) is 0 Å². The van der Waals surface area contributed by atoms with Crippen LogP contribution < -0.4 is 5.32 Å². The molecular weight excluding hydrogens is 162 g/mol. The van der Waals surface area contributed by atoms with Gasteiger partial charge in [0, 0.05) is 5.54 Å². The summed E-state index contributed by atoms with van der Waals surface area (Å²) in [7, 11) is 0. The van der Waals surface area contributed by atoms with Crippen molar-refractivity contribution in [1.82, 2.24) is 5.32 Å². The quantitative estimate of drug-likeness (QED) is 0.694. The molecule has 1 aromatic rings. The van der Waals surface area contributed by atoms with Crippen molar-refractivity contribution in [2.75, 3.05) is 0 Å². The molecule has 1 rings (SSSR count). The summed E-state index contributed by atoms with van der Waals surface area (Å²) in [5, 5.41) is 2.66. The van der Waals surface area contributed by atoms with Gasteiger partial charge in [0.05, 0.1) is 0 Å². The fourth-order valence-electron chi connectivity index (χ4n) is 1.29. The molecule has 1 N–H and O–H groups in total. The van der Waals surface area contributed by atoms with Gasteiger partial charge in [-0.3, -0.25) is 4.79 Å². The fourth-order valence-corrected chi connectivity index (χ4v) is 1.29.